The summed E-state index contributed by atoms with van der Waals surface area (Å²) in [5.41, 5.74) is 0.951. The van der Waals surface area contributed by atoms with Crippen molar-refractivity contribution in [3.05, 3.63) is 35.6 Å². The number of benzene rings is 1. The van der Waals surface area contributed by atoms with E-state index in [1.807, 2.05) is 6.07 Å². The predicted molar refractivity (Wildman–Crippen MR) is 45.6 cm³/mol. The Morgan fingerprint density at radius 2 is 2.42 bits per heavy atom. The van der Waals surface area contributed by atoms with Gasteiger partial charge in [-0.25, -0.2) is 4.39 Å². The van der Waals surface area contributed by atoms with Crippen LogP contribution in [0.3, 0.4) is 0 Å². The van der Waals surface area contributed by atoms with Crippen molar-refractivity contribution in [2.45, 2.75) is 6.04 Å². The lowest BCUT2D eigenvalue weighted by Gasteiger charge is -2.08. The van der Waals surface area contributed by atoms with Crippen molar-refractivity contribution < 1.29 is 4.39 Å². The Labute approximate surface area is 70.1 Å². The summed E-state index contributed by atoms with van der Waals surface area (Å²) in [6, 6.07) is 6.74. The molecule has 12 heavy (non-hydrogen) atoms. The molecule has 1 N–H and O–H groups in total. The van der Waals surface area contributed by atoms with Gasteiger partial charge in [0.1, 0.15) is 5.82 Å². The Bertz CT molecular complexity index is 301. The molecule has 1 aromatic carbocycles. The van der Waals surface area contributed by atoms with E-state index >= 15 is 0 Å². The summed E-state index contributed by atoms with van der Waals surface area (Å²) in [6.07, 6.45) is 1.66. The van der Waals surface area contributed by atoms with Gasteiger partial charge in [0.15, 0.2) is 0 Å². The zero-order chi connectivity index (χ0) is 8.39. The van der Waals surface area contributed by atoms with Crippen LogP contribution in [0.1, 0.15) is 11.6 Å². The van der Waals surface area contributed by atoms with Gasteiger partial charge in [0.2, 0.25) is 0 Å². The summed E-state index contributed by atoms with van der Waals surface area (Å²) in [4.78, 5) is 4.01. The Kier molecular flexibility index (Phi) is 1.78. The van der Waals surface area contributed by atoms with Crippen LogP contribution < -0.4 is 5.32 Å². The molecule has 2 nitrogen and oxygen atoms in total. The molecule has 1 aliphatic heterocycles. The summed E-state index contributed by atoms with van der Waals surface area (Å²) < 4.78 is 12.8. The SMILES string of the molecule is Fc1cccc(C2CN=CN2)c1. The molecule has 0 spiro atoms. The second-order valence-electron chi connectivity index (χ2n) is 2.77. The number of hydrogen-bond acceptors (Lipinski definition) is 2. The third kappa shape index (κ3) is 1.30. The molecule has 1 aromatic rings. The maximum atomic E-state index is 12.8. The molecular weight excluding hydrogens is 155 g/mol. The highest BCUT2D eigenvalue weighted by molar-refractivity contribution is 5.58. The summed E-state index contributed by atoms with van der Waals surface area (Å²) in [5, 5.41) is 3.04. The lowest BCUT2D eigenvalue weighted by Crippen LogP contribution is -2.15. The van der Waals surface area contributed by atoms with E-state index in [9.17, 15) is 4.39 Å². The number of hydrogen-bond donors (Lipinski definition) is 1. The first-order valence-corrected chi connectivity index (χ1v) is 3.86. The number of nitrogens with one attached hydrogen (secondary N) is 1. The van der Waals surface area contributed by atoms with Crippen LogP contribution in [0.15, 0.2) is 29.3 Å². The van der Waals surface area contributed by atoms with Crippen molar-refractivity contribution in [3.63, 3.8) is 0 Å². The molecule has 0 saturated carbocycles. The van der Waals surface area contributed by atoms with E-state index in [4.69, 9.17) is 0 Å². The molecule has 0 radical (unpaired) electrons. The van der Waals surface area contributed by atoms with Crippen LogP contribution >= 0.6 is 0 Å². The van der Waals surface area contributed by atoms with Gasteiger partial charge in [0, 0.05) is 0 Å². The molecule has 1 atom stereocenters. The highest BCUT2D eigenvalue weighted by atomic mass is 19.1. The van der Waals surface area contributed by atoms with Gasteiger partial charge in [0.05, 0.1) is 18.9 Å². The Morgan fingerprint density at radius 1 is 1.50 bits per heavy atom. The van der Waals surface area contributed by atoms with Gasteiger partial charge in [-0.3, -0.25) is 4.99 Å². The number of halogens is 1. The van der Waals surface area contributed by atoms with Gasteiger partial charge in [0.25, 0.3) is 0 Å². The molecule has 0 aliphatic carbocycles. The van der Waals surface area contributed by atoms with Gasteiger partial charge in [-0.1, -0.05) is 12.1 Å². The third-order valence-corrected chi connectivity index (χ3v) is 1.91. The molecule has 1 unspecified atom stereocenters. The van der Waals surface area contributed by atoms with Crippen LogP contribution in [0.5, 0.6) is 0 Å². The fourth-order valence-electron chi connectivity index (χ4n) is 1.28. The smallest absolute Gasteiger partial charge is 0.123 e. The van der Waals surface area contributed by atoms with Gasteiger partial charge >= 0.3 is 0 Å². The first-order valence-electron chi connectivity index (χ1n) is 3.86. The van der Waals surface area contributed by atoms with Crippen LogP contribution in [0.4, 0.5) is 4.39 Å². The predicted octanol–water partition coefficient (Wildman–Crippen LogP) is 1.50. The van der Waals surface area contributed by atoms with Crippen molar-refractivity contribution in [1.29, 1.82) is 0 Å². The average Bonchev–Trinajstić information content (AvgIpc) is 2.56. The Morgan fingerprint density at radius 3 is 3.08 bits per heavy atom. The van der Waals surface area contributed by atoms with Crippen molar-refractivity contribution >= 4 is 6.34 Å². The largest absolute Gasteiger partial charge is 0.368 e. The highest BCUT2D eigenvalue weighted by Crippen LogP contribution is 2.15. The van der Waals surface area contributed by atoms with Crippen molar-refractivity contribution in [2.24, 2.45) is 4.99 Å². The summed E-state index contributed by atoms with van der Waals surface area (Å²) in [6.45, 7) is 0.698. The van der Waals surface area contributed by atoms with E-state index in [2.05, 4.69) is 10.3 Å². The van der Waals surface area contributed by atoms with Crippen molar-refractivity contribution in [3.8, 4) is 0 Å². The molecule has 3 heteroatoms. The fraction of sp³-hybridized carbons (Fsp3) is 0.222. The maximum Gasteiger partial charge on any atom is 0.123 e. The monoisotopic (exact) mass is 164 g/mol. The standard InChI is InChI=1S/C9H9FN2/c10-8-3-1-2-7(4-8)9-5-11-6-12-9/h1-4,6,9H,5H2,(H,11,12). The van der Waals surface area contributed by atoms with E-state index in [0.29, 0.717) is 6.54 Å². The number of nitrogens with zero attached hydrogens (tertiary/aromatic N) is 1. The fourth-order valence-corrected chi connectivity index (χ4v) is 1.28. The minimum absolute atomic E-state index is 0.153. The van der Waals surface area contributed by atoms with Crippen molar-refractivity contribution in [1.82, 2.24) is 5.32 Å². The second kappa shape index (κ2) is 2.93. The Balaban J connectivity index is 2.22. The highest BCUT2D eigenvalue weighted by Gasteiger charge is 2.12. The molecule has 0 fully saturated rings. The topological polar surface area (TPSA) is 24.4 Å². The molecule has 1 heterocycles. The molecule has 2 rings (SSSR count). The van der Waals surface area contributed by atoms with E-state index in [-0.39, 0.29) is 11.9 Å². The quantitative estimate of drug-likeness (QED) is 0.668. The van der Waals surface area contributed by atoms with Crippen LogP contribution in [-0.2, 0) is 0 Å². The molecule has 0 saturated heterocycles. The molecule has 0 bridgehead atoms. The lowest BCUT2D eigenvalue weighted by molar-refractivity contribution is 0.618. The zero-order valence-corrected chi connectivity index (χ0v) is 6.50. The molecular formula is C9H9FN2. The summed E-state index contributed by atoms with van der Waals surface area (Å²) in [5.74, 6) is -0.193. The molecule has 1 aliphatic rings. The lowest BCUT2D eigenvalue weighted by atomic mass is 10.1. The zero-order valence-electron chi connectivity index (χ0n) is 6.50. The maximum absolute atomic E-state index is 12.8. The third-order valence-electron chi connectivity index (χ3n) is 1.91. The molecule has 0 aromatic heterocycles. The van der Waals surface area contributed by atoms with Gasteiger partial charge < -0.3 is 5.32 Å². The van der Waals surface area contributed by atoms with Gasteiger partial charge in [-0.05, 0) is 17.7 Å². The van der Waals surface area contributed by atoms with Gasteiger partial charge in [-0.2, -0.15) is 0 Å². The number of rotatable bonds is 1. The number of aliphatic imine (C=N–C) groups is 1. The first kappa shape index (κ1) is 7.28. The molecule has 0 amide bonds. The van der Waals surface area contributed by atoms with E-state index in [1.54, 1.807) is 12.4 Å². The first-order chi connectivity index (χ1) is 5.86. The van der Waals surface area contributed by atoms with E-state index in [0.717, 1.165) is 5.56 Å². The summed E-state index contributed by atoms with van der Waals surface area (Å²) in [7, 11) is 0. The summed E-state index contributed by atoms with van der Waals surface area (Å²) >= 11 is 0. The van der Waals surface area contributed by atoms with Crippen molar-refractivity contribution in [2.75, 3.05) is 6.54 Å². The van der Waals surface area contributed by atoms with Crippen LogP contribution in [0.25, 0.3) is 0 Å². The Hall–Kier alpha value is -1.38. The normalized spacial score (nSPS) is 20.9. The minimum atomic E-state index is -0.193. The van der Waals surface area contributed by atoms with E-state index < -0.39 is 0 Å². The van der Waals surface area contributed by atoms with E-state index in [1.165, 1.54) is 12.1 Å². The minimum Gasteiger partial charge on any atom is -0.368 e. The van der Waals surface area contributed by atoms with Crippen LogP contribution in [-0.4, -0.2) is 12.9 Å². The second-order valence-corrected chi connectivity index (χ2v) is 2.77. The van der Waals surface area contributed by atoms with Crippen LogP contribution in [0.2, 0.25) is 0 Å². The average molecular weight is 164 g/mol. The van der Waals surface area contributed by atoms with Crippen LogP contribution in [0, 0.1) is 5.82 Å². The van der Waals surface area contributed by atoms with Gasteiger partial charge in [-0.15, -0.1) is 0 Å². The molecule has 62 valence electrons.